The van der Waals surface area contributed by atoms with Gasteiger partial charge in [-0.1, -0.05) is 6.07 Å². The van der Waals surface area contributed by atoms with Gasteiger partial charge in [-0.25, -0.2) is 0 Å². The van der Waals surface area contributed by atoms with Gasteiger partial charge in [-0.15, -0.1) is 0 Å². The summed E-state index contributed by atoms with van der Waals surface area (Å²) in [6.07, 6.45) is 2.11. The highest BCUT2D eigenvalue weighted by atomic mass is 16.5. The number of hydrogen-bond acceptors (Lipinski definition) is 6. The van der Waals surface area contributed by atoms with Gasteiger partial charge in [-0.2, -0.15) is 0 Å². The summed E-state index contributed by atoms with van der Waals surface area (Å²) < 4.78 is 16.2. The van der Waals surface area contributed by atoms with Crippen LogP contribution < -0.4 is 19.1 Å². The Morgan fingerprint density at radius 1 is 0.875 bits per heavy atom. The van der Waals surface area contributed by atoms with E-state index < -0.39 is 0 Å². The quantitative estimate of drug-likeness (QED) is 0.661. The lowest BCUT2D eigenvalue weighted by Gasteiger charge is -2.37. The standard InChI is InChI=1S/C25H33N3O4/c1-30-20-8-6-19(7-9-20)26-13-15-27(16-14-26)25(29)18-28-12-4-5-23(28)22-11-10-21(31-2)17-24(22)32-3/h6-11,17,23H,4-5,12-16,18H2,1-3H3. The predicted octanol–water partition coefficient (Wildman–Crippen LogP) is 3.20. The Labute approximate surface area is 190 Å². The van der Waals surface area contributed by atoms with Crippen LogP contribution in [0.2, 0.25) is 0 Å². The summed E-state index contributed by atoms with van der Waals surface area (Å²) in [5, 5.41) is 0. The van der Waals surface area contributed by atoms with E-state index in [2.05, 4.69) is 28.0 Å². The Hall–Kier alpha value is -2.93. The topological polar surface area (TPSA) is 54.5 Å². The summed E-state index contributed by atoms with van der Waals surface area (Å²) in [7, 11) is 5.02. The van der Waals surface area contributed by atoms with Crippen molar-refractivity contribution in [3.8, 4) is 17.2 Å². The second kappa shape index (κ2) is 10.1. The molecule has 2 aromatic carbocycles. The highest BCUT2D eigenvalue weighted by Gasteiger charge is 2.31. The highest BCUT2D eigenvalue weighted by Crippen LogP contribution is 2.38. The van der Waals surface area contributed by atoms with Crippen LogP contribution >= 0.6 is 0 Å². The molecule has 7 nitrogen and oxygen atoms in total. The van der Waals surface area contributed by atoms with Crippen molar-refractivity contribution < 1.29 is 19.0 Å². The van der Waals surface area contributed by atoms with Crippen LogP contribution in [0.25, 0.3) is 0 Å². The third-order valence-corrected chi connectivity index (χ3v) is 6.57. The van der Waals surface area contributed by atoms with Crippen molar-refractivity contribution in [2.75, 3.05) is 65.5 Å². The molecule has 1 atom stereocenters. The molecule has 0 N–H and O–H groups in total. The number of anilines is 1. The number of likely N-dealkylation sites (tertiary alicyclic amines) is 1. The first kappa shape index (κ1) is 22.3. The van der Waals surface area contributed by atoms with Crippen LogP contribution in [0.1, 0.15) is 24.4 Å². The van der Waals surface area contributed by atoms with Gasteiger partial charge in [0.25, 0.3) is 0 Å². The summed E-state index contributed by atoms with van der Waals surface area (Å²) in [6.45, 7) is 4.55. The van der Waals surface area contributed by atoms with Crippen molar-refractivity contribution in [3.63, 3.8) is 0 Å². The average molecular weight is 440 g/mol. The fourth-order valence-corrected chi connectivity index (χ4v) is 4.74. The number of methoxy groups -OCH3 is 3. The molecule has 1 amide bonds. The minimum atomic E-state index is 0.195. The Morgan fingerprint density at radius 2 is 1.56 bits per heavy atom. The first-order valence-corrected chi connectivity index (χ1v) is 11.3. The molecule has 0 aromatic heterocycles. The first-order chi connectivity index (χ1) is 15.6. The normalized spacial score (nSPS) is 19.2. The molecular weight excluding hydrogens is 406 g/mol. The van der Waals surface area contributed by atoms with Gasteiger partial charge in [0.05, 0.1) is 27.9 Å². The monoisotopic (exact) mass is 439 g/mol. The molecule has 2 heterocycles. The summed E-state index contributed by atoms with van der Waals surface area (Å²) in [4.78, 5) is 19.7. The Morgan fingerprint density at radius 3 is 2.22 bits per heavy atom. The van der Waals surface area contributed by atoms with Crippen LogP contribution in [-0.2, 0) is 4.79 Å². The van der Waals surface area contributed by atoms with Gasteiger partial charge in [0.2, 0.25) is 5.91 Å². The molecule has 172 valence electrons. The zero-order valence-corrected chi connectivity index (χ0v) is 19.3. The Balaban J connectivity index is 1.35. The zero-order valence-electron chi connectivity index (χ0n) is 19.3. The maximum atomic E-state index is 13.1. The fourth-order valence-electron chi connectivity index (χ4n) is 4.74. The van der Waals surface area contributed by atoms with Crippen LogP contribution in [0, 0.1) is 0 Å². The van der Waals surface area contributed by atoms with E-state index in [4.69, 9.17) is 14.2 Å². The second-order valence-electron chi connectivity index (χ2n) is 8.30. The molecule has 4 rings (SSSR count). The van der Waals surface area contributed by atoms with E-state index in [1.54, 1.807) is 21.3 Å². The highest BCUT2D eigenvalue weighted by molar-refractivity contribution is 5.78. The number of ether oxygens (including phenoxy) is 3. The van der Waals surface area contributed by atoms with Crippen molar-refractivity contribution in [1.82, 2.24) is 9.80 Å². The van der Waals surface area contributed by atoms with E-state index in [-0.39, 0.29) is 11.9 Å². The van der Waals surface area contributed by atoms with Crippen molar-refractivity contribution in [1.29, 1.82) is 0 Å². The molecule has 0 bridgehead atoms. The molecule has 1 unspecified atom stereocenters. The number of hydrogen-bond donors (Lipinski definition) is 0. The lowest BCUT2D eigenvalue weighted by molar-refractivity contribution is -0.133. The largest absolute Gasteiger partial charge is 0.497 e. The number of nitrogens with zero attached hydrogens (tertiary/aromatic N) is 3. The number of amides is 1. The van der Waals surface area contributed by atoms with Gasteiger partial charge < -0.3 is 24.0 Å². The summed E-state index contributed by atoms with van der Waals surface area (Å²) in [5.74, 6) is 2.66. The molecule has 2 saturated heterocycles. The molecule has 2 aromatic rings. The Kier molecular flexibility index (Phi) is 7.05. The molecule has 0 saturated carbocycles. The van der Waals surface area contributed by atoms with Crippen molar-refractivity contribution in [2.24, 2.45) is 0 Å². The summed E-state index contributed by atoms with van der Waals surface area (Å²) in [6, 6.07) is 14.3. The van der Waals surface area contributed by atoms with E-state index in [0.29, 0.717) is 6.54 Å². The molecule has 0 radical (unpaired) electrons. The summed E-state index contributed by atoms with van der Waals surface area (Å²) in [5.41, 5.74) is 2.30. The van der Waals surface area contributed by atoms with Gasteiger partial charge in [-0.05, 0) is 49.7 Å². The van der Waals surface area contributed by atoms with Crippen molar-refractivity contribution in [2.45, 2.75) is 18.9 Å². The van der Waals surface area contributed by atoms with Gasteiger partial charge in [0, 0.05) is 49.5 Å². The molecule has 7 heteroatoms. The van der Waals surface area contributed by atoms with Crippen LogP contribution in [0.5, 0.6) is 17.2 Å². The van der Waals surface area contributed by atoms with Gasteiger partial charge in [0.1, 0.15) is 17.2 Å². The third-order valence-electron chi connectivity index (χ3n) is 6.57. The van der Waals surface area contributed by atoms with Gasteiger partial charge in [-0.3, -0.25) is 9.69 Å². The van der Waals surface area contributed by atoms with Crippen LogP contribution in [0.3, 0.4) is 0 Å². The number of rotatable bonds is 7. The molecule has 2 aliphatic rings. The van der Waals surface area contributed by atoms with Crippen molar-refractivity contribution in [3.05, 3.63) is 48.0 Å². The average Bonchev–Trinajstić information content (AvgIpc) is 3.31. The molecule has 32 heavy (non-hydrogen) atoms. The number of carbonyl (C=O) groups is 1. The van der Waals surface area contributed by atoms with E-state index in [1.165, 1.54) is 5.69 Å². The maximum Gasteiger partial charge on any atom is 0.236 e. The number of carbonyl (C=O) groups excluding carboxylic acids is 1. The molecule has 0 spiro atoms. The smallest absolute Gasteiger partial charge is 0.236 e. The third kappa shape index (κ3) is 4.78. The minimum Gasteiger partial charge on any atom is -0.497 e. The van der Waals surface area contributed by atoms with Crippen LogP contribution in [0.4, 0.5) is 5.69 Å². The fraction of sp³-hybridized carbons (Fsp3) is 0.480. The molecular formula is C25H33N3O4. The summed E-state index contributed by atoms with van der Waals surface area (Å²) >= 11 is 0. The molecule has 2 aliphatic heterocycles. The van der Waals surface area contributed by atoms with Crippen molar-refractivity contribution >= 4 is 11.6 Å². The first-order valence-electron chi connectivity index (χ1n) is 11.3. The lowest BCUT2D eigenvalue weighted by atomic mass is 10.0. The van der Waals surface area contributed by atoms with E-state index in [0.717, 1.165) is 68.4 Å². The lowest BCUT2D eigenvalue weighted by Crippen LogP contribution is -2.51. The maximum absolute atomic E-state index is 13.1. The number of piperazine rings is 1. The van der Waals surface area contributed by atoms with Crippen LogP contribution in [0.15, 0.2) is 42.5 Å². The van der Waals surface area contributed by atoms with E-state index >= 15 is 0 Å². The van der Waals surface area contributed by atoms with E-state index in [1.807, 2.05) is 29.2 Å². The second-order valence-corrected chi connectivity index (χ2v) is 8.30. The van der Waals surface area contributed by atoms with Crippen LogP contribution in [-0.4, -0.2) is 76.3 Å². The predicted molar refractivity (Wildman–Crippen MR) is 125 cm³/mol. The number of benzene rings is 2. The molecule has 0 aliphatic carbocycles. The molecule has 2 fully saturated rings. The Bertz CT molecular complexity index is 910. The van der Waals surface area contributed by atoms with E-state index in [9.17, 15) is 4.79 Å². The zero-order chi connectivity index (χ0) is 22.5. The van der Waals surface area contributed by atoms with Gasteiger partial charge >= 0.3 is 0 Å². The SMILES string of the molecule is COc1ccc(N2CCN(C(=O)CN3CCCC3c3ccc(OC)cc3OC)CC2)cc1. The minimum absolute atomic E-state index is 0.195. The van der Waals surface area contributed by atoms with Gasteiger partial charge in [0.15, 0.2) is 0 Å².